The molecule has 26 heavy (non-hydrogen) atoms. The Hall–Kier alpha value is -2.39. The van der Waals surface area contributed by atoms with Crippen LogP contribution in [0.15, 0.2) is 53.6 Å². The summed E-state index contributed by atoms with van der Waals surface area (Å²) < 4.78 is 63.4. The highest BCUT2D eigenvalue weighted by Crippen LogP contribution is 2.33. The summed E-state index contributed by atoms with van der Waals surface area (Å²) in [5, 5.41) is 3.94. The Bertz CT molecular complexity index is 1060. The molecule has 136 valence electrons. The third-order valence-corrected chi connectivity index (χ3v) is 4.82. The highest BCUT2D eigenvalue weighted by Gasteiger charge is 2.35. The van der Waals surface area contributed by atoms with Crippen LogP contribution >= 0.6 is 11.6 Å². The third kappa shape index (κ3) is 3.73. The Labute approximate surface area is 152 Å². The molecular formula is C16H11ClF3N3O2S. The van der Waals surface area contributed by atoms with Crippen molar-refractivity contribution >= 4 is 21.4 Å². The fraction of sp³-hybridized carbons (Fsp3) is 0.125. The average Bonchev–Trinajstić information content (AvgIpc) is 3.00. The minimum absolute atomic E-state index is 0.0443. The van der Waals surface area contributed by atoms with Crippen molar-refractivity contribution in [1.29, 1.82) is 0 Å². The Morgan fingerprint density at radius 3 is 2.38 bits per heavy atom. The topological polar surface area (TPSA) is 64.8 Å². The van der Waals surface area contributed by atoms with Crippen molar-refractivity contribution < 1.29 is 21.6 Å². The summed E-state index contributed by atoms with van der Waals surface area (Å²) >= 11 is 5.93. The van der Waals surface area contributed by atoms with Crippen LogP contribution in [0.1, 0.15) is 5.69 Å². The normalized spacial score (nSPS) is 12.3. The van der Waals surface area contributed by atoms with Crippen LogP contribution in [0.2, 0.25) is 5.02 Å². The van der Waals surface area contributed by atoms with E-state index in [0.717, 1.165) is 23.2 Å². The van der Waals surface area contributed by atoms with Crippen molar-refractivity contribution in [2.75, 3.05) is 6.26 Å². The van der Waals surface area contributed by atoms with Gasteiger partial charge in [0.15, 0.2) is 21.3 Å². The molecule has 0 bridgehead atoms. The van der Waals surface area contributed by atoms with Crippen molar-refractivity contribution in [3.05, 3.63) is 59.4 Å². The minimum atomic E-state index is -4.65. The van der Waals surface area contributed by atoms with Gasteiger partial charge < -0.3 is 0 Å². The van der Waals surface area contributed by atoms with Gasteiger partial charge in [-0.2, -0.15) is 18.3 Å². The van der Waals surface area contributed by atoms with Crippen LogP contribution in [0.25, 0.3) is 17.1 Å². The fourth-order valence-electron chi connectivity index (χ4n) is 2.26. The van der Waals surface area contributed by atoms with Crippen molar-refractivity contribution in [1.82, 2.24) is 14.8 Å². The Kier molecular flexibility index (Phi) is 4.53. The maximum Gasteiger partial charge on any atom is 0.435 e. The van der Waals surface area contributed by atoms with E-state index in [1.807, 2.05) is 0 Å². The number of alkyl halides is 3. The molecule has 3 aromatic rings. The monoisotopic (exact) mass is 401 g/mol. The van der Waals surface area contributed by atoms with Crippen molar-refractivity contribution in [3.63, 3.8) is 0 Å². The molecule has 0 unspecified atom stereocenters. The lowest BCUT2D eigenvalue weighted by Gasteiger charge is -2.08. The lowest BCUT2D eigenvalue weighted by molar-refractivity contribution is -0.141. The zero-order valence-corrected chi connectivity index (χ0v) is 14.8. The number of hydrogen-bond donors (Lipinski definition) is 0. The van der Waals surface area contributed by atoms with Crippen LogP contribution < -0.4 is 0 Å². The first kappa shape index (κ1) is 18.4. The largest absolute Gasteiger partial charge is 0.435 e. The molecule has 0 aliphatic heterocycles. The Morgan fingerprint density at radius 1 is 1.12 bits per heavy atom. The third-order valence-electron chi connectivity index (χ3n) is 3.49. The summed E-state index contributed by atoms with van der Waals surface area (Å²) in [6.07, 6.45) is -2.57. The van der Waals surface area contributed by atoms with Gasteiger partial charge in [-0.25, -0.2) is 18.1 Å². The lowest BCUT2D eigenvalue weighted by atomic mass is 10.1. The van der Waals surface area contributed by atoms with Gasteiger partial charge in [0.05, 0.1) is 10.6 Å². The molecule has 1 aromatic carbocycles. The molecular weight excluding hydrogens is 391 g/mol. The Balaban J connectivity index is 2.18. The number of aromatic nitrogens is 3. The summed E-state index contributed by atoms with van der Waals surface area (Å²) in [6, 6.07) is 9.71. The van der Waals surface area contributed by atoms with E-state index in [0.29, 0.717) is 10.6 Å². The second-order valence-corrected chi connectivity index (χ2v) is 7.91. The first-order valence-corrected chi connectivity index (χ1v) is 9.42. The summed E-state index contributed by atoms with van der Waals surface area (Å²) in [4.78, 5) is 3.89. The molecule has 3 rings (SSSR count). The van der Waals surface area contributed by atoms with Crippen LogP contribution in [0, 0.1) is 0 Å². The van der Waals surface area contributed by atoms with Gasteiger partial charge >= 0.3 is 6.18 Å². The van der Waals surface area contributed by atoms with Gasteiger partial charge in [0.2, 0.25) is 0 Å². The van der Waals surface area contributed by atoms with Gasteiger partial charge in [-0.3, -0.25) is 0 Å². The number of benzene rings is 1. The number of hydrogen-bond acceptors (Lipinski definition) is 4. The molecule has 0 saturated heterocycles. The molecule has 2 heterocycles. The molecule has 0 N–H and O–H groups in total. The first-order chi connectivity index (χ1) is 12.1. The second kappa shape index (κ2) is 6.40. The van der Waals surface area contributed by atoms with Crippen molar-refractivity contribution in [2.24, 2.45) is 0 Å². The molecule has 0 radical (unpaired) electrons. The molecule has 0 spiro atoms. The molecule has 0 aliphatic carbocycles. The second-order valence-electron chi connectivity index (χ2n) is 5.46. The zero-order valence-electron chi connectivity index (χ0n) is 13.2. The highest BCUT2D eigenvalue weighted by atomic mass is 35.5. The average molecular weight is 402 g/mol. The number of rotatable bonds is 3. The summed E-state index contributed by atoms with van der Waals surface area (Å²) in [7, 11) is -3.48. The summed E-state index contributed by atoms with van der Waals surface area (Å²) in [5.41, 5.74) is -0.560. The quantitative estimate of drug-likeness (QED) is 0.665. The molecule has 2 aromatic heterocycles. The predicted octanol–water partition coefficient (Wildman–Crippen LogP) is 4.01. The fourth-order valence-corrected chi connectivity index (χ4v) is 3.01. The van der Waals surface area contributed by atoms with Gasteiger partial charge in [-0.05, 0) is 30.3 Å². The van der Waals surface area contributed by atoms with Crippen LogP contribution in [0.5, 0.6) is 0 Å². The van der Waals surface area contributed by atoms with Gasteiger partial charge in [0, 0.05) is 23.0 Å². The smallest absolute Gasteiger partial charge is 0.236 e. The van der Waals surface area contributed by atoms with Gasteiger partial charge in [-0.1, -0.05) is 23.7 Å². The van der Waals surface area contributed by atoms with E-state index in [1.54, 1.807) is 18.2 Å². The minimum Gasteiger partial charge on any atom is -0.236 e. The highest BCUT2D eigenvalue weighted by molar-refractivity contribution is 7.90. The van der Waals surface area contributed by atoms with E-state index in [9.17, 15) is 21.6 Å². The van der Waals surface area contributed by atoms with E-state index in [1.165, 1.54) is 18.2 Å². The van der Waals surface area contributed by atoms with Crippen molar-refractivity contribution in [2.45, 2.75) is 11.1 Å². The van der Waals surface area contributed by atoms with E-state index in [-0.39, 0.29) is 16.4 Å². The molecule has 0 atom stereocenters. The van der Waals surface area contributed by atoms with E-state index < -0.39 is 21.7 Å². The van der Waals surface area contributed by atoms with Crippen LogP contribution in [-0.2, 0) is 16.0 Å². The summed E-state index contributed by atoms with van der Waals surface area (Å²) in [6.45, 7) is 0. The molecule has 10 heteroatoms. The van der Waals surface area contributed by atoms with Crippen LogP contribution in [0.4, 0.5) is 13.2 Å². The van der Waals surface area contributed by atoms with Crippen LogP contribution in [0.3, 0.4) is 0 Å². The maximum absolute atomic E-state index is 13.1. The van der Waals surface area contributed by atoms with Gasteiger partial charge in [0.25, 0.3) is 0 Å². The molecule has 5 nitrogen and oxygen atoms in total. The van der Waals surface area contributed by atoms with E-state index in [4.69, 9.17) is 11.6 Å². The maximum atomic E-state index is 13.1. The van der Waals surface area contributed by atoms with Gasteiger partial charge in [-0.15, -0.1) is 0 Å². The SMILES string of the molecule is CS(=O)(=O)c1ccc(-n2nc(C(F)(F)F)cc2-c2cccc(Cl)c2)nc1. The summed E-state index contributed by atoms with van der Waals surface area (Å²) in [5.74, 6) is 0.0443. The van der Waals surface area contributed by atoms with E-state index >= 15 is 0 Å². The van der Waals surface area contributed by atoms with Crippen LogP contribution in [-0.4, -0.2) is 29.4 Å². The number of nitrogens with zero attached hydrogens (tertiary/aromatic N) is 3. The van der Waals surface area contributed by atoms with E-state index in [2.05, 4.69) is 10.1 Å². The molecule has 0 amide bonds. The number of sulfone groups is 1. The molecule has 0 saturated carbocycles. The predicted molar refractivity (Wildman–Crippen MR) is 89.9 cm³/mol. The number of halogens is 4. The molecule has 0 fully saturated rings. The Morgan fingerprint density at radius 2 is 1.85 bits per heavy atom. The number of pyridine rings is 1. The molecule has 0 aliphatic rings. The standard InChI is InChI=1S/C16H11ClF3N3O2S/c1-26(24,25)12-5-6-15(21-9-12)23-13(8-14(22-23)16(18,19)20)10-3-2-4-11(17)7-10/h2-9H,1H3. The lowest BCUT2D eigenvalue weighted by Crippen LogP contribution is -2.08. The van der Waals surface area contributed by atoms with Gasteiger partial charge in [0.1, 0.15) is 0 Å². The zero-order chi connectivity index (χ0) is 19.1. The first-order valence-electron chi connectivity index (χ1n) is 7.15. The van der Waals surface area contributed by atoms with Crippen molar-refractivity contribution in [3.8, 4) is 17.1 Å².